The molecule has 1 N–H and O–H groups in total. The second kappa shape index (κ2) is 7.00. The summed E-state index contributed by atoms with van der Waals surface area (Å²) in [4.78, 5) is 24.8. The highest BCUT2D eigenvalue weighted by Crippen LogP contribution is 2.31. The van der Waals surface area contributed by atoms with Gasteiger partial charge in [0, 0.05) is 5.39 Å². The largest absolute Gasteiger partial charge is 0.497 e. The van der Waals surface area contributed by atoms with Gasteiger partial charge in [-0.05, 0) is 36.4 Å². The zero-order chi connectivity index (χ0) is 20.7. The molecule has 0 aliphatic heterocycles. The molecule has 0 aliphatic rings. The number of nitrogens with zero attached hydrogens (tertiary/aromatic N) is 4. The maximum Gasteiger partial charge on any atom is 0.262 e. The predicted molar refractivity (Wildman–Crippen MR) is 113 cm³/mol. The molecule has 0 aliphatic carbocycles. The normalized spacial score (nSPS) is 11.1. The number of hydrogen-bond donors (Lipinski definition) is 1. The molecule has 2 aromatic carbocycles. The van der Waals surface area contributed by atoms with E-state index in [-0.39, 0.29) is 5.56 Å². The summed E-state index contributed by atoms with van der Waals surface area (Å²) < 4.78 is 12.4. The van der Waals surface area contributed by atoms with Crippen molar-refractivity contribution in [2.24, 2.45) is 0 Å². The second-order valence-electron chi connectivity index (χ2n) is 6.65. The Balaban J connectivity index is 1.76. The Morgan fingerprint density at radius 2 is 1.80 bits per heavy atom. The van der Waals surface area contributed by atoms with Crippen LogP contribution >= 0.6 is 0 Å². The predicted octanol–water partition coefficient (Wildman–Crippen LogP) is 3.34. The van der Waals surface area contributed by atoms with Gasteiger partial charge in [0.05, 0.1) is 37.2 Å². The number of methoxy groups -OCH3 is 2. The van der Waals surface area contributed by atoms with Gasteiger partial charge in [0.15, 0.2) is 5.65 Å². The van der Waals surface area contributed by atoms with Crippen molar-refractivity contribution in [1.82, 2.24) is 24.7 Å². The van der Waals surface area contributed by atoms with Gasteiger partial charge in [-0.2, -0.15) is 5.10 Å². The Bertz CT molecular complexity index is 1440. The summed E-state index contributed by atoms with van der Waals surface area (Å²) in [6.45, 7) is 0. The topological polar surface area (TPSA) is 94.9 Å². The van der Waals surface area contributed by atoms with E-state index >= 15 is 0 Å². The smallest absolute Gasteiger partial charge is 0.262 e. The summed E-state index contributed by atoms with van der Waals surface area (Å²) >= 11 is 0. The van der Waals surface area contributed by atoms with Gasteiger partial charge in [-0.3, -0.25) is 4.79 Å². The molecule has 0 atom stereocenters. The third-order valence-electron chi connectivity index (χ3n) is 4.87. The first-order chi connectivity index (χ1) is 14.7. The summed E-state index contributed by atoms with van der Waals surface area (Å²) in [5, 5.41) is 5.58. The molecule has 0 fully saturated rings. The third-order valence-corrected chi connectivity index (χ3v) is 4.87. The van der Waals surface area contributed by atoms with E-state index in [4.69, 9.17) is 14.5 Å². The number of ether oxygens (including phenoxy) is 2. The highest BCUT2D eigenvalue weighted by atomic mass is 16.5. The fourth-order valence-corrected chi connectivity index (χ4v) is 3.39. The van der Waals surface area contributed by atoms with Crippen molar-refractivity contribution in [2.75, 3.05) is 14.2 Å². The number of benzene rings is 2. The summed E-state index contributed by atoms with van der Waals surface area (Å²) in [5.74, 6) is 1.42. The number of rotatable bonds is 4. The molecule has 0 radical (unpaired) electrons. The van der Waals surface area contributed by atoms with Crippen LogP contribution in [-0.4, -0.2) is 39.0 Å². The van der Waals surface area contributed by atoms with Crippen LogP contribution in [0.3, 0.4) is 0 Å². The minimum Gasteiger partial charge on any atom is -0.497 e. The lowest BCUT2D eigenvalue weighted by molar-refractivity contribution is 0.401. The highest BCUT2D eigenvalue weighted by Gasteiger charge is 2.17. The van der Waals surface area contributed by atoms with Crippen LogP contribution in [-0.2, 0) is 0 Å². The van der Waals surface area contributed by atoms with Crippen molar-refractivity contribution in [1.29, 1.82) is 0 Å². The minimum atomic E-state index is -0.287. The molecule has 0 unspecified atom stereocenters. The van der Waals surface area contributed by atoms with E-state index < -0.39 is 0 Å². The second-order valence-corrected chi connectivity index (χ2v) is 6.65. The van der Waals surface area contributed by atoms with Crippen molar-refractivity contribution in [3.8, 4) is 28.7 Å². The minimum absolute atomic E-state index is 0.287. The highest BCUT2D eigenvalue weighted by molar-refractivity contribution is 5.87. The fourth-order valence-electron chi connectivity index (χ4n) is 3.39. The molecule has 3 aromatic heterocycles. The molecule has 0 saturated carbocycles. The van der Waals surface area contributed by atoms with Crippen LogP contribution in [0.25, 0.3) is 39.0 Å². The number of nitrogens with one attached hydrogen (secondary N) is 1. The van der Waals surface area contributed by atoms with Gasteiger partial charge in [0.1, 0.15) is 17.0 Å². The summed E-state index contributed by atoms with van der Waals surface area (Å²) in [5.41, 5.74) is 2.29. The van der Waals surface area contributed by atoms with E-state index in [0.29, 0.717) is 34.1 Å². The number of H-pyrrole nitrogens is 1. The molecule has 30 heavy (non-hydrogen) atoms. The number of para-hydroxylation sites is 1. The lowest BCUT2D eigenvalue weighted by atomic mass is 10.1. The van der Waals surface area contributed by atoms with Crippen molar-refractivity contribution in [3.63, 3.8) is 0 Å². The maximum absolute atomic E-state index is 12.8. The Morgan fingerprint density at radius 3 is 2.57 bits per heavy atom. The third kappa shape index (κ3) is 2.86. The van der Waals surface area contributed by atoms with Crippen molar-refractivity contribution in [2.45, 2.75) is 0 Å². The zero-order valence-corrected chi connectivity index (χ0v) is 16.3. The average Bonchev–Trinajstić information content (AvgIpc) is 3.23. The van der Waals surface area contributed by atoms with Crippen molar-refractivity contribution < 1.29 is 9.47 Å². The molecule has 5 aromatic rings. The number of hydrogen-bond acceptors (Lipinski definition) is 6. The van der Waals surface area contributed by atoms with Gasteiger partial charge in [0.2, 0.25) is 5.88 Å². The first-order valence-electron chi connectivity index (χ1n) is 9.24. The molecular weight excluding hydrogens is 382 g/mol. The molecule has 0 saturated heterocycles. The van der Waals surface area contributed by atoms with E-state index in [2.05, 4.69) is 15.1 Å². The van der Waals surface area contributed by atoms with Crippen LogP contribution in [0.2, 0.25) is 0 Å². The van der Waals surface area contributed by atoms with Gasteiger partial charge in [-0.1, -0.05) is 18.2 Å². The molecular formula is C22H17N5O3. The Labute approximate surface area is 170 Å². The SMILES string of the molecule is COc1ccc2nc(OC)c(-c3nc4c(cnn4-c4ccccc4)c(=O)[nH]3)cc2c1. The number of fused-ring (bicyclic) bond motifs is 2. The van der Waals surface area contributed by atoms with Gasteiger partial charge in [-0.15, -0.1) is 0 Å². The van der Waals surface area contributed by atoms with Gasteiger partial charge >= 0.3 is 0 Å². The van der Waals surface area contributed by atoms with E-state index in [0.717, 1.165) is 16.6 Å². The van der Waals surface area contributed by atoms with Gasteiger partial charge < -0.3 is 14.5 Å². The first-order valence-corrected chi connectivity index (χ1v) is 9.24. The number of aromatic nitrogens is 5. The number of pyridine rings is 1. The Kier molecular flexibility index (Phi) is 4.17. The standard InChI is InChI=1S/C22H17N5O3/c1-29-15-8-9-18-13(10-15)11-16(22(24-18)30-2)19-25-20-17(21(28)26-19)12-23-27(20)14-6-4-3-5-7-14/h3-12H,1-2H3,(H,25,26,28). The summed E-state index contributed by atoms with van der Waals surface area (Å²) in [6, 6.07) is 17.0. The van der Waals surface area contributed by atoms with E-state index in [1.54, 1.807) is 11.8 Å². The van der Waals surface area contributed by atoms with Crippen LogP contribution in [0.5, 0.6) is 11.6 Å². The quantitative estimate of drug-likeness (QED) is 0.498. The first kappa shape index (κ1) is 17.9. The Morgan fingerprint density at radius 1 is 0.967 bits per heavy atom. The zero-order valence-electron chi connectivity index (χ0n) is 16.3. The molecule has 5 rings (SSSR count). The lowest BCUT2D eigenvalue weighted by Gasteiger charge is -2.10. The molecule has 8 nitrogen and oxygen atoms in total. The van der Waals surface area contributed by atoms with Crippen LogP contribution in [0.4, 0.5) is 0 Å². The molecule has 148 valence electrons. The van der Waals surface area contributed by atoms with Crippen molar-refractivity contribution in [3.05, 3.63) is 71.1 Å². The number of aromatic amines is 1. The van der Waals surface area contributed by atoms with E-state index in [1.165, 1.54) is 13.3 Å². The summed E-state index contributed by atoms with van der Waals surface area (Å²) in [7, 11) is 3.14. The molecule has 0 bridgehead atoms. The maximum atomic E-state index is 12.8. The average molecular weight is 399 g/mol. The fraction of sp³-hybridized carbons (Fsp3) is 0.0909. The monoisotopic (exact) mass is 399 g/mol. The van der Waals surface area contributed by atoms with Crippen LogP contribution in [0.1, 0.15) is 0 Å². The molecule has 0 amide bonds. The van der Waals surface area contributed by atoms with Gasteiger partial charge in [0.25, 0.3) is 5.56 Å². The van der Waals surface area contributed by atoms with Crippen LogP contribution < -0.4 is 15.0 Å². The summed E-state index contributed by atoms with van der Waals surface area (Å²) in [6.07, 6.45) is 1.51. The van der Waals surface area contributed by atoms with E-state index in [9.17, 15) is 4.79 Å². The van der Waals surface area contributed by atoms with Crippen LogP contribution in [0, 0.1) is 0 Å². The van der Waals surface area contributed by atoms with E-state index in [1.807, 2.05) is 54.6 Å². The van der Waals surface area contributed by atoms with Crippen LogP contribution in [0.15, 0.2) is 65.6 Å². The van der Waals surface area contributed by atoms with Crippen molar-refractivity contribution >= 4 is 21.9 Å². The molecule has 8 heteroatoms. The van der Waals surface area contributed by atoms with Gasteiger partial charge in [-0.25, -0.2) is 14.6 Å². The molecule has 0 spiro atoms. The Hall–Kier alpha value is -4.20. The molecule has 3 heterocycles. The lowest BCUT2D eigenvalue weighted by Crippen LogP contribution is -2.11.